The number of carbonyl (C=O) groups excluding carboxylic acids is 1. The summed E-state index contributed by atoms with van der Waals surface area (Å²) in [5.74, 6) is 1.83. The topological polar surface area (TPSA) is 45.7 Å². The molecule has 3 aromatic rings. The second-order valence-electron chi connectivity index (χ2n) is 7.06. The summed E-state index contributed by atoms with van der Waals surface area (Å²) in [4.78, 5) is 22.7. The smallest absolute Gasteiger partial charge is 0.228 e. The van der Waals surface area contributed by atoms with E-state index in [1.54, 1.807) is 23.8 Å². The fourth-order valence-corrected chi connectivity index (χ4v) is 5.03. The van der Waals surface area contributed by atoms with Crippen molar-refractivity contribution in [2.45, 2.75) is 17.7 Å². The van der Waals surface area contributed by atoms with E-state index in [9.17, 15) is 4.79 Å². The number of fused-ring (bicyclic) bond motifs is 1. The number of carbonyl (C=O) groups is 1. The van der Waals surface area contributed by atoms with E-state index >= 15 is 0 Å². The molecule has 0 fully saturated rings. The average Bonchev–Trinajstić information content (AvgIpc) is 3.17. The van der Waals surface area contributed by atoms with Crippen LogP contribution in [0.15, 0.2) is 47.4 Å². The van der Waals surface area contributed by atoms with Crippen LogP contribution in [0.25, 0.3) is 10.2 Å². The molecule has 31 heavy (non-hydrogen) atoms. The maximum atomic E-state index is 13.0. The second-order valence-corrected chi connectivity index (χ2v) is 9.64. The number of rotatable bonds is 10. The van der Waals surface area contributed by atoms with Crippen molar-refractivity contribution in [1.29, 1.82) is 0 Å². The molecule has 2 aromatic carbocycles. The molecule has 3 rings (SSSR count). The summed E-state index contributed by atoms with van der Waals surface area (Å²) < 4.78 is 6.18. The highest BCUT2D eigenvalue weighted by Crippen LogP contribution is 2.33. The van der Waals surface area contributed by atoms with E-state index < -0.39 is 0 Å². The van der Waals surface area contributed by atoms with Crippen molar-refractivity contribution in [3.8, 4) is 5.75 Å². The highest BCUT2D eigenvalue weighted by Gasteiger charge is 2.20. The van der Waals surface area contributed by atoms with E-state index in [1.807, 2.05) is 56.6 Å². The van der Waals surface area contributed by atoms with Gasteiger partial charge in [-0.15, -0.1) is 24.2 Å². The number of amides is 1. The van der Waals surface area contributed by atoms with Crippen molar-refractivity contribution in [3.05, 3.63) is 47.5 Å². The number of hydrogen-bond donors (Lipinski definition) is 0. The Labute approximate surface area is 203 Å². The van der Waals surface area contributed by atoms with Crippen molar-refractivity contribution >= 4 is 68.4 Å². The van der Waals surface area contributed by atoms with E-state index in [4.69, 9.17) is 16.3 Å². The number of anilines is 1. The summed E-state index contributed by atoms with van der Waals surface area (Å²) in [7, 11) is 5.67. The number of thioether (sulfide) groups is 1. The van der Waals surface area contributed by atoms with Crippen molar-refractivity contribution in [2.75, 3.05) is 44.9 Å². The van der Waals surface area contributed by atoms with Crippen molar-refractivity contribution in [3.63, 3.8) is 0 Å². The Hall–Kier alpha value is -1.51. The van der Waals surface area contributed by atoms with Gasteiger partial charge in [0.15, 0.2) is 5.13 Å². The molecule has 1 amide bonds. The van der Waals surface area contributed by atoms with Gasteiger partial charge in [-0.1, -0.05) is 29.0 Å². The van der Waals surface area contributed by atoms with E-state index in [-0.39, 0.29) is 18.3 Å². The lowest BCUT2D eigenvalue weighted by atomic mass is 10.3. The summed E-state index contributed by atoms with van der Waals surface area (Å²) in [5.41, 5.74) is 0.761. The predicted molar refractivity (Wildman–Crippen MR) is 136 cm³/mol. The Bertz CT molecular complexity index is 981. The van der Waals surface area contributed by atoms with Gasteiger partial charge < -0.3 is 9.64 Å². The molecule has 1 heterocycles. The van der Waals surface area contributed by atoms with Crippen LogP contribution in [0.1, 0.15) is 12.8 Å². The molecule has 168 valence electrons. The minimum atomic E-state index is 0. The zero-order valence-electron chi connectivity index (χ0n) is 17.8. The SMILES string of the molecule is COc1ccc(SCCCC(=O)N(CCN(C)C)c2nc3c(Cl)cccc3s2)cc1.Cl. The number of benzene rings is 2. The molecule has 0 saturated heterocycles. The van der Waals surface area contributed by atoms with E-state index in [0.717, 1.165) is 34.7 Å². The van der Waals surface area contributed by atoms with Gasteiger partial charge in [0.05, 0.1) is 16.8 Å². The molecule has 0 N–H and O–H groups in total. The minimum absolute atomic E-state index is 0. The van der Waals surface area contributed by atoms with Gasteiger partial charge in [-0.3, -0.25) is 9.69 Å². The van der Waals surface area contributed by atoms with Gasteiger partial charge in [-0.25, -0.2) is 4.98 Å². The van der Waals surface area contributed by atoms with Crippen LogP contribution in [-0.2, 0) is 4.79 Å². The molecule has 9 heteroatoms. The number of aromatic nitrogens is 1. The number of nitrogens with zero attached hydrogens (tertiary/aromatic N) is 3. The molecular formula is C22H27Cl2N3O2S2. The molecule has 0 radical (unpaired) electrons. The van der Waals surface area contributed by atoms with Gasteiger partial charge in [-0.2, -0.15) is 0 Å². The molecule has 5 nitrogen and oxygen atoms in total. The summed E-state index contributed by atoms with van der Waals surface area (Å²) >= 11 is 9.54. The number of para-hydroxylation sites is 1. The maximum Gasteiger partial charge on any atom is 0.228 e. The van der Waals surface area contributed by atoms with Crippen molar-refractivity contribution < 1.29 is 9.53 Å². The van der Waals surface area contributed by atoms with Crippen LogP contribution in [0, 0.1) is 0 Å². The Morgan fingerprint density at radius 2 is 1.90 bits per heavy atom. The number of ether oxygens (including phenoxy) is 1. The summed E-state index contributed by atoms with van der Waals surface area (Å²) in [5, 5.41) is 1.33. The fraction of sp³-hybridized carbons (Fsp3) is 0.364. The molecular weight excluding hydrogens is 473 g/mol. The lowest BCUT2D eigenvalue weighted by Gasteiger charge is -2.22. The molecule has 0 saturated carbocycles. The van der Waals surface area contributed by atoms with E-state index in [2.05, 4.69) is 9.88 Å². The van der Waals surface area contributed by atoms with E-state index in [1.165, 1.54) is 16.2 Å². The molecule has 0 atom stereocenters. The molecule has 1 aromatic heterocycles. The van der Waals surface area contributed by atoms with Crippen molar-refractivity contribution in [2.24, 2.45) is 0 Å². The van der Waals surface area contributed by atoms with Crippen LogP contribution in [-0.4, -0.2) is 55.8 Å². The highest BCUT2D eigenvalue weighted by molar-refractivity contribution is 7.99. The molecule has 0 unspecified atom stereocenters. The van der Waals surface area contributed by atoms with Crippen LogP contribution >= 0.6 is 47.1 Å². The first-order valence-electron chi connectivity index (χ1n) is 9.75. The van der Waals surface area contributed by atoms with Gasteiger partial charge in [0, 0.05) is 24.4 Å². The first-order valence-corrected chi connectivity index (χ1v) is 11.9. The Kier molecular flexibility index (Phi) is 10.4. The summed E-state index contributed by atoms with van der Waals surface area (Å²) in [6.45, 7) is 1.38. The quantitative estimate of drug-likeness (QED) is 0.258. The van der Waals surface area contributed by atoms with Gasteiger partial charge in [0.2, 0.25) is 5.91 Å². The first kappa shape index (κ1) is 25.7. The lowest BCUT2D eigenvalue weighted by Crippen LogP contribution is -2.36. The van der Waals surface area contributed by atoms with Crippen LogP contribution in [0.3, 0.4) is 0 Å². The number of hydrogen-bond acceptors (Lipinski definition) is 6. The van der Waals surface area contributed by atoms with E-state index in [0.29, 0.717) is 23.1 Å². The fourth-order valence-electron chi connectivity index (χ4n) is 2.87. The molecule has 0 aliphatic heterocycles. The Morgan fingerprint density at radius 1 is 1.16 bits per heavy atom. The van der Waals surface area contributed by atoms with Crippen LogP contribution < -0.4 is 9.64 Å². The molecule has 0 bridgehead atoms. The molecule has 0 aliphatic rings. The molecule has 0 aliphatic carbocycles. The summed E-state index contributed by atoms with van der Waals surface area (Å²) in [6.07, 6.45) is 1.29. The van der Waals surface area contributed by atoms with Gasteiger partial charge in [0.1, 0.15) is 11.3 Å². The number of thiazole rings is 1. The standard InChI is InChI=1S/C22H26ClN3O2S2.ClH/c1-25(2)13-14-26(22-24-21-18(23)6-4-7-19(21)30-22)20(27)8-5-15-29-17-11-9-16(28-3)10-12-17;/h4,6-7,9-12H,5,8,13-15H2,1-3H3;1H. The zero-order chi connectivity index (χ0) is 21.5. The predicted octanol–water partition coefficient (Wildman–Crippen LogP) is 5.85. The summed E-state index contributed by atoms with van der Waals surface area (Å²) in [6, 6.07) is 13.7. The zero-order valence-corrected chi connectivity index (χ0v) is 21.0. The third-order valence-electron chi connectivity index (χ3n) is 4.52. The maximum absolute atomic E-state index is 13.0. The second kappa shape index (κ2) is 12.5. The third-order valence-corrected chi connectivity index (χ3v) is 6.97. The first-order chi connectivity index (χ1) is 14.5. The van der Waals surface area contributed by atoms with Crippen LogP contribution in [0.4, 0.5) is 5.13 Å². The Balaban J connectivity index is 0.00000341. The number of methoxy groups -OCH3 is 1. The average molecular weight is 501 g/mol. The van der Waals surface area contributed by atoms with Gasteiger partial charge in [-0.05, 0) is 62.7 Å². The molecule has 0 spiro atoms. The normalized spacial score (nSPS) is 10.9. The highest BCUT2D eigenvalue weighted by atomic mass is 35.5. The largest absolute Gasteiger partial charge is 0.497 e. The van der Waals surface area contributed by atoms with Crippen LogP contribution in [0.2, 0.25) is 5.02 Å². The van der Waals surface area contributed by atoms with Crippen LogP contribution in [0.5, 0.6) is 5.75 Å². The third kappa shape index (κ3) is 7.26. The minimum Gasteiger partial charge on any atom is -0.497 e. The number of halogens is 2. The van der Waals surface area contributed by atoms with Gasteiger partial charge in [0.25, 0.3) is 0 Å². The Morgan fingerprint density at radius 3 is 2.55 bits per heavy atom. The van der Waals surface area contributed by atoms with Crippen molar-refractivity contribution in [1.82, 2.24) is 9.88 Å². The number of likely N-dealkylation sites (N-methyl/N-ethyl adjacent to an activating group) is 1. The lowest BCUT2D eigenvalue weighted by molar-refractivity contribution is -0.118. The monoisotopic (exact) mass is 499 g/mol. The van der Waals surface area contributed by atoms with Gasteiger partial charge >= 0.3 is 0 Å².